The minimum absolute atomic E-state index is 0.878. The van der Waals surface area contributed by atoms with Crippen LogP contribution in [-0.4, -0.2) is 0 Å². The van der Waals surface area contributed by atoms with Gasteiger partial charge in [-0.25, -0.2) is 0 Å². The molecule has 0 aliphatic rings. The number of benzene rings is 8. The smallest absolute Gasteiger partial charge is 0.137 e. The van der Waals surface area contributed by atoms with Gasteiger partial charge in [0.15, 0.2) is 0 Å². The molecule has 0 bridgehead atoms. The summed E-state index contributed by atoms with van der Waals surface area (Å²) in [6, 6.07) is 63.7. The highest BCUT2D eigenvalue weighted by atomic mass is 32.1. The summed E-state index contributed by atoms with van der Waals surface area (Å²) < 4.78 is 11.7. The van der Waals surface area contributed by atoms with Crippen LogP contribution in [0.2, 0.25) is 0 Å². The summed E-state index contributed by atoms with van der Waals surface area (Å²) >= 11 is 3.73. The quantitative estimate of drug-likeness (QED) is 0.178. The van der Waals surface area contributed by atoms with Gasteiger partial charge in [0.05, 0.1) is 0 Å². The molecule has 11 aromatic rings. The monoisotopic (exact) mass is 699 g/mol. The van der Waals surface area contributed by atoms with Gasteiger partial charge in [0.25, 0.3) is 0 Å². The minimum Gasteiger partial charge on any atom is -0.456 e. The number of hydrogen-bond acceptors (Lipinski definition) is 4. The Hall–Kier alpha value is -6.20. The molecule has 52 heavy (non-hydrogen) atoms. The van der Waals surface area contributed by atoms with Crippen LogP contribution in [0.25, 0.3) is 84.5 Å². The molecule has 0 fully saturated rings. The van der Waals surface area contributed by atoms with Crippen molar-refractivity contribution in [2.45, 2.75) is 0 Å². The summed E-state index contributed by atoms with van der Waals surface area (Å²) in [7, 11) is 0. The second-order valence-electron chi connectivity index (χ2n) is 13.3. The second-order valence-corrected chi connectivity index (χ2v) is 15.4. The third-order valence-corrected chi connectivity index (χ3v) is 12.6. The Morgan fingerprint density at radius 2 is 0.981 bits per heavy atom. The predicted octanol–water partition coefficient (Wildman–Crippen LogP) is 15.1. The summed E-state index contributed by atoms with van der Waals surface area (Å²) in [6.45, 7) is 0. The number of furan rings is 1. The van der Waals surface area contributed by atoms with Crippen LogP contribution in [0.5, 0.6) is 0 Å². The molecule has 0 spiro atoms. The molecule has 0 aliphatic heterocycles. The van der Waals surface area contributed by atoms with Gasteiger partial charge in [0, 0.05) is 74.2 Å². The topological polar surface area (TPSA) is 16.4 Å². The third-order valence-electron chi connectivity index (χ3n) is 10.3. The Morgan fingerprint density at radius 3 is 1.85 bits per heavy atom. The molecular weight excluding hydrogens is 671 g/mol. The van der Waals surface area contributed by atoms with E-state index < -0.39 is 0 Å². The van der Waals surface area contributed by atoms with E-state index in [9.17, 15) is 0 Å². The van der Waals surface area contributed by atoms with Gasteiger partial charge in [-0.1, -0.05) is 103 Å². The van der Waals surface area contributed by atoms with Crippen molar-refractivity contribution in [3.63, 3.8) is 0 Å². The molecule has 0 aliphatic carbocycles. The van der Waals surface area contributed by atoms with E-state index >= 15 is 0 Å². The van der Waals surface area contributed by atoms with Crippen molar-refractivity contribution in [3.8, 4) is 22.3 Å². The number of para-hydroxylation sites is 1. The van der Waals surface area contributed by atoms with E-state index in [0.717, 1.165) is 39.0 Å². The van der Waals surface area contributed by atoms with Gasteiger partial charge in [0.2, 0.25) is 0 Å². The highest BCUT2D eigenvalue weighted by Crippen LogP contribution is 2.44. The molecule has 0 N–H and O–H groups in total. The van der Waals surface area contributed by atoms with Crippen molar-refractivity contribution >= 4 is 102 Å². The van der Waals surface area contributed by atoms with Crippen LogP contribution in [0.1, 0.15) is 0 Å². The summed E-state index contributed by atoms with van der Waals surface area (Å²) in [5.74, 6) is 0. The van der Waals surface area contributed by atoms with Crippen LogP contribution in [0, 0.1) is 0 Å². The van der Waals surface area contributed by atoms with Crippen molar-refractivity contribution < 1.29 is 4.42 Å². The molecule has 11 rings (SSSR count). The van der Waals surface area contributed by atoms with Crippen molar-refractivity contribution in [1.29, 1.82) is 0 Å². The van der Waals surface area contributed by atoms with Crippen LogP contribution < -0.4 is 4.90 Å². The maximum absolute atomic E-state index is 6.40. The van der Waals surface area contributed by atoms with Crippen molar-refractivity contribution in [1.82, 2.24) is 0 Å². The van der Waals surface area contributed by atoms with Gasteiger partial charge in [0.1, 0.15) is 11.2 Å². The second kappa shape index (κ2) is 11.7. The molecule has 3 aromatic heterocycles. The maximum Gasteiger partial charge on any atom is 0.137 e. The molecular formula is C48H29NOS2. The summed E-state index contributed by atoms with van der Waals surface area (Å²) in [6.07, 6.45) is 0. The first-order valence-corrected chi connectivity index (χ1v) is 19.1. The number of rotatable bonds is 5. The average Bonchev–Trinajstić information content (AvgIpc) is 3.89. The van der Waals surface area contributed by atoms with Gasteiger partial charge >= 0.3 is 0 Å². The highest BCUT2D eigenvalue weighted by Gasteiger charge is 2.18. The molecule has 8 aromatic carbocycles. The van der Waals surface area contributed by atoms with Crippen LogP contribution >= 0.6 is 22.7 Å². The molecule has 0 radical (unpaired) electrons. The zero-order chi connectivity index (χ0) is 34.2. The van der Waals surface area contributed by atoms with E-state index in [1.807, 2.05) is 34.8 Å². The third kappa shape index (κ3) is 4.69. The van der Waals surface area contributed by atoms with Crippen molar-refractivity contribution in [3.05, 3.63) is 176 Å². The van der Waals surface area contributed by atoms with Gasteiger partial charge in [-0.3, -0.25) is 0 Å². The van der Waals surface area contributed by atoms with Crippen LogP contribution in [0.4, 0.5) is 17.1 Å². The number of hydrogen-bond donors (Lipinski definition) is 0. The lowest BCUT2D eigenvalue weighted by Gasteiger charge is -2.26. The predicted molar refractivity (Wildman–Crippen MR) is 225 cm³/mol. The summed E-state index contributed by atoms with van der Waals surface area (Å²) in [5.41, 5.74) is 9.85. The normalized spacial score (nSPS) is 11.8. The Morgan fingerprint density at radius 1 is 0.346 bits per heavy atom. The van der Waals surface area contributed by atoms with Gasteiger partial charge in [-0.15, -0.1) is 22.7 Å². The first-order chi connectivity index (χ1) is 25.7. The lowest BCUT2D eigenvalue weighted by molar-refractivity contribution is 0.669. The fraction of sp³-hybridized carbons (Fsp3) is 0. The molecule has 0 amide bonds. The first kappa shape index (κ1) is 29.5. The lowest BCUT2D eigenvalue weighted by atomic mass is 10.0. The Labute approximate surface area is 308 Å². The van der Waals surface area contributed by atoms with Crippen LogP contribution in [0.15, 0.2) is 180 Å². The fourth-order valence-corrected chi connectivity index (χ4v) is 10.1. The van der Waals surface area contributed by atoms with Crippen molar-refractivity contribution in [2.75, 3.05) is 4.90 Å². The maximum atomic E-state index is 6.40. The van der Waals surface area contributed by atoms with E-state index in [0.29, 0.717) is 0 Å². The first-order valence-electron chi connectivity index (χ1n) is 17.5. The minimum atomic E-state index is 0.878. The number of nitrogens with zero attached hydrogens (tertiary/aromatic N) is 1. The Balaban J connectivity index is 1.05. The largest absolute Gasteiger partial charge is 0.456 e. The van der Waals surface area contributed by atoms with E-state index in [2.05, 4.69) is 169 Å². The van der Waals surface area contributed by atoms with E-state index in [1.165, 1.54) is 62.6 Å². The Bertz CT molecular complexity index is 3150. The van der Waals surface area contributed by atoms with Crippen LogP contribution in [-0.2, 0) is 0 Å². The summed E-state index contributed by atoms with van der Waals surface area (Å²) in [4.78, 5) is 2.35. The zero-order valence-corrected chi connectivity index (χ0v) is 29.5. The molecule has 3 heterocycles. The van der Waals surface area contributed by atoms with Crippen LogP contribution in [0.3, 0.4) is 0 Å². The Kier molecular flexibility index (Phi) is 6.63. The summed E-state index contributed by atoms with van der Waals surface area (Å²) in [5, 5.41) is 7.50. The standard InChI is InChI=1S/C48H29NOS2/c1-4-16-43-37(11-1)38-25-24-35(29-44(38)50-43)49(33-22-19-30(20-23-33)31-21-26-47-42(28-31)40-13-3-5-17-45(40)51-47)34-10-7-9-32(27-34)36-14-8-15-41-39-12-2-6-18-46(39)52-48(36)41/h1-29H. The SMILES string of the molecule is c1cc(-c2cccc3c2sc2ccccc23)cc(N(c2ccc(-c3ccc4sc5ccccc5c4c3)cc2)c2ccc3c(c2)oc2ccccc23)c1. The average molecular weight is 700 g/mol. The van der Waals surface area contributed by atoms with Gasteiger partial charge in [-0.2, -0.15) is 0 Å². The number of anilines is 3. The van der Waals surface area contributed by atoms with Gasteiger partial charge in [-0.05, 0) is 89.0 Å². The molecule has 0 unspecified atom stereocenters. The fourth-order valence-electron chi connectivity index (χ4n) is 7.80. The zero-order valence-electron chi connectivity index (χ0n) is 27.9. The van der Waals surface area contributed by atoms with E-state index in [4.69, 9.17) is 4.42 Å². The number of fused-ring (bicyclic) bond motifs is 9. The molecule has 2 nitrogen and oxygen atoms in total. The molecule has 0 saturated heterocycles. The molecule has 4 heteroatoms. The van der Waals surface area contributed by atoms with Gasteiger partial charge < -0.3 is 9.32 Å². The highest BCUT2D eigenvalue weighted by molar-refractivity contribution is 7.26. The van der Waals surface area contributed by atoms with E-state index in [-0.39, 0.29) is 0 Å². The van der Waals surface area contributed by atoms with Crippen molar-refractivity contribution in [2.24, 2.45) is 0 Å². The lowest BCUT2D eigenvalue weighted by Crippen LogP contribution is -2.10. The van der Waals surface area contributed by atoms with E-state index in [1.54, 1.807) is 0 Å². The number of thiophene rings is 2. The molecule has 244 valence electrons. The molecule has 0 atom stereocenters. The molecule has 0 saturated carbocycles.